The third kappa shape index (κ3) is 8.22. The van der Waals surface area contributed by atoms with E-state index in [1.165, 1.54) is 13.2 Å². The number of hydrogen-bond acceptors (Lipinski definition) is 3. The largest absolute Gasteiger partial charge is 0.544 e. The van der Waals surface area contributed by atoms with Gasteiger partial charge in [0.1, 0.15) is 0 Å². The SMILES string of the molecule is C=C/C(=C/CCCC/C=C/C(=O)OC)O[Si](C)(C)C(C)(C)C. The first kappa shape index (κ1) is 20.7. The maximum absolute atomic E-state index is 10.9. The van der Waals surface area contributed by atoms with Crippen LogP contribution < -0.4 is 0 Å². The predicted molar refractivity (Wildman–Crippen MR) is 96.2 cm³/mol. The molecule has 3 nitrogen and oxygen atoms in total. The lowest BCUT2D eigenvalue weighted by Gasteiger charge is -2.36. The fourth-order valence-corrected chi connectivity index (χ4v) is 2.57. The standard InChI is InChI=1S/C18H32O3Si/c1-8-16(21-22(6,7)18(2,3)4)14-12-10-9-11-13-15-17(19)20-5/h8,13-15H,1,9-12H2,2-7H3/b15-13+,16-14-. The Kier molecular flexibility index (Phi) is 9.10. The van der Waals surface area contributed by atoms with E-state index in [-0.39, 0.29) is 11.0 Å². The maximum Gasteiger partial charge on any atom is 0.330 e. The van der Waals surface area contributed by atoms with Crippen LogP contribution in [0.25, 0.3) is 0 Å². The maximum atomic E-state index is 10.9. The van der Waals surface area contributed by atoms with E-state index < -0.39 is 8.32 Å². The highest BCUT2D eigenvalue weighted by Gasteiger charge is 2.38. The average molecular weight is 325 g/mol. The van der Waals surface area contributed by atoms with Gasteiger partial charge in [0.2, 0.25) is 8.32 Å². The Morgan fingerprint density at radius 1 is 1.18 bits per heavy atom. The van der Waals surface area contributed by atoms with E-state index in [0.29, 0.717) is 0 Å². The molecule has 0 N–H and O–H groups in total. The number of hydrogen-bond donors (Lipinski definition) is 0. The highest BCUT2D eigenvalue weighted by molar-refractivity contribution is 6.74. The summed E-state index contributed by atoms with van der Waals surface area (Å²) in [6.45, 7) is 15.0. The van der Waals surface area contributed by atoms with Gasteiger partial charge in [-0.1, -0.05) is 33.4 Å². The summed E-state index contributed by atoms with van der Waals surface area (Å²) in [6, 6.07) is 0. The molecule has 0 aliphatic heterocycles. The Morgan fingerprint density at radius 3 is 2.27 bits per heavy atom. The first-order valence-electron chi connectivity index (χ1n) is 7.90. The lowest BCUT2D eigenvalue weighted by Crippen LogP contribution is -2.40. The van der Waals surface area contributed by atoms with Gasteiger partial charge in [-0.2, -0.15) is 0 Å². The molecule has 126 valence electrons. The van der Waals surface area contributed by atoms with Crippen molar-refractivity contribution >= 4 is 14.3 Å². The highest BCUT2D eigenvalue weighted by Crippen LogP contribution is 2.38. The molecule has 0 aromatic carbocycles. The average Bonchev–Trinajstić information content (AvgIpc) is 2.43. The Hall–Kier alpha value is -1.29. The molecule has 0 heterocycles. The molecule has 0 aromatic rings. The zero-order valence-electron chi connectivity index (χ0n) is 15.1. The van der Waals surface area contributed by atoms with Crippen molar-refractivity contribution in [2.75, 3.05) is 7.11 Å². The van der Waals surface area contributed by atoms with Crippen molar-refractivity contribution in [3.63, 3.8) is 0 Å². The van der Waals surface area contributed by atoms with Crippen molar-refractivity contribution < 1.29 is 14.0 Å². The number of rotatable bonds is 9. The second-order valence-electron chi connectivity index (χ2n) is 6.88. The van der Waals surface area contributed by atoms with Crippen molar-refractivity contribution in [2.24, 2.45) is 0 Å². The minimum Gasteiger partial charge on any atom is -0.544 e. The third-order valence-corrected chi connectivity index (χ3v) is 8.36. The van der Waals surface area contributed by atoms with Gasteiger partial charge in [0.05, 0.1) is 12.9 Å². The van der Waals surface area contributed by atoms with Crippen molar-refractivity contribution in [3.05, 3.63) is 36.6 Å². The van der Waals surface area contributed by atoms with Crippen molar-refractivity contribution in [3.8, 4) is 0 Å². The van der Waals surface area contributed by atoms with Gasteiger partial charge in [0, 0.05) is 6.08 Å². The molecule has 0 spiro atoms. The molecule has 0 aromatic heterocycles. The third-order valence-electron chi connectivity index (χ3n) is 4.01. The zero-order chi connectivity index (χ0) is 17.2. The van der Waals surface area contributed by atoms with Gasteiger partial charge in [-0.05, 0) is 56.0 Å². The molecule has 0 radical (unpaired) electrons. The molecule has 4 heteroatoms. The quantitative estimate of drug-likeness (QED) is 0.143. The number of carbonyl (C=O) groups excluding carboxylic acids is 1. The second-order valence-corrected chi connectivity index (χ2v) is 11.6. The molecule has 22 heavy (non-hydrogen) atoms. The van der Waals surface area contributed by atoms with Crippen molar-refractivity contribution in [1.29, 1.82) is 0 Å². The molecule has 0 bridgehead atoms. The molecule has 0 saturated carbocycles. The Bertz CT molecular complexity index is 415. The minimum atomic E-state index is -1.79. The highest BCUT2D eigenvalue weighted by atomic mass is 28.4. The zero-order valence-corrected chi connectivity index (χ0v) is 16.1. The van der Waals surface area contributed by atoms with E-state index in [9.17, 15) is 4.79 Å². The van der Waals surface area contributed by atoms with Gasteiger partial charge >= 0.3 is 5.97 Å². The van der Waals surface area contributed by atoms with E-state index in [1.54, 1.807) is 6.08 Å². The van der Waals surface area contributed by atoms with Gasteiger partial charge in [0.15, 0.2) is 0 Å². The van der Waals surface area contributed by atoms with E-state index >= 15 is 0 Å². The molecule has 0 aliphatic rings. The summed E-state index contributed by atoms with van der Waals surface area (Å²) in [7, 11) is -0.403. The normalized spacial score (nSPS) is 13.3. The van der Waals surface area contributed by atoms with Crippen LogP contribution in [0.1, 0.15) is 46.5 Å². The molecule has 0 amide bonds. The predicted octanol–water partition coefficient (Wildman–Crippen LogP) is 5.37. The first-order chi connectivity index (χ1) is 10.1. The number of esters is 1. The lowest BCUT2D eigenvalue weighted by atomic mass is 10.1. The summed E-state index contributed by atoms with van der Waals surface area (Å²) in [6.07, 6.45) is 11.2. The minimum absolute atomic E-state index is 0.188. The number of unbranched alkanes of at least 4 members (excludes halogenated alkanes) is 3. The second kappa shape index (κ2) is 9.67. The molecule has 0 saturated heterocycles. The van der Waals surface area contributed by atoms with Crippen molar-refractivity contribution in [1.82, 2.24) is 0 Å². The van der Waals surface area contributed by atoms with Gasteiger partial charge in [-0.3, -0.25) is 0 Å². The molecule has 0 unspecified atom stereocenters. The van der Waals surface area contributed by atoms with Crippen LogP contribution in [0.3, 0.4) is 0 Å². The number of allylic oxidation sites excluding steroid dienone is 3. The molecular formula is C18H32O3Si. The topological polar surface area (TPSA) is 35.5 Å². The fourth-order valence-electron chi connectivity index (χ4n) is 1.51. The van der Waals surface area contributed by atoms with Crippen LogP contribution in [0.15, 0.2) is 36.6 Å². The lowest BCUT2D eigenvalue weighted by molar-refractivity contribution is -0.134. The summed E-state index contributed by atoms with van der Waals surface area (Å²) >= 11 is 0. The van der Waals surface area contributed by atoms with E-state index in [2.05, 4.69) is 51.3 Å². The van der Waals surface area contributed by atoms with Crippen LogP contribution in [0.2, 0.25) is 18.1 Å². The number of ether oxygens (including phenoxy) is 1. The summed E-state index contributed by atoms with van der Waals surface area (Å²) in [5.74, 6) is 0.605. The summed E-state index contributed by atoms with van der Waals surface area (Å²) in [5.41, 5.74) is 0. The van der Waals surface area contributed by atoms with Gasteiger partial charge in [0.25, 0.3) is 0 Å². The fraction of sp³-hybridized carbons (Fsp3) is 0.611. The summed E-state index contributed by atoms with van der Waals surface area (Å²) < 4.78 is 10.8. The molecule has 0 atom stereocenters. The van der Waals surface area contributed by atoms with Crippen LogP contribution >= 0.6 is 0 Å². The van der Waals surface area contributed by atoms with Crippen LogP contribution in [-0.2, 0) is 14.0 Å². The van der Waals surface area contributed by atoms with E-state index in [1.807, 2.05) is 6.08 Å². The molecular weight excluding hydrogens is 292 g/mol. The Balaban J connectivity index is 4.22. The number of methoxy groups -OCH3 is 1. The molecule has 0 rings (SSSR count). The van der Waals surface area contributed by atoms with Crippen LogP contribution in [0.4, 0.5) is 0 Å². The Labute approximate surface area is 137 Å². The monoisotopic (exact) mass is 324 g/mol. The van der Waals surface area contributed by atoms with Gasteiger partial charge in [-0.25, -0.2) is 4.79 Å². The summed E-state index contributed by atoms with van der Waals surface area (Å²) in [4.78, 5) is 10.9. The van der Waals surface area contributed by atoms with Crippen LogP contribution in [0.5, 0.6) is 0 Å². The smallest absolute Gasteiger partial charge is 0.330 e. The molecule has 0 fully saturated rings. The summed E-state index contributed by atoms with van der Waals surface area (Å²) in [5, 5.41) is 0.188. The van der Waals surface area contributed by atoms with Crippen molar-refractivity contribution in [2.45, 2.75) is 64.6 Å². The van der Waals surface area contributed by atoms with E-state index in [4.69, 9.17) is 4.43 Å². The Morgan fingerprint density at radius 2 is 1.77 bits per heavy atom. The number of carbonyl (C=O) groups is 1. The van der Waals surface area contributed by atoms with Crippen LogP contribution in [-0.4, -0.2) is 21.4 Å². The van der Waals surface area contributed by atoms with Gasteiger partial charge in [-0.15, -0.1) is 0 Å². The van der Waals surface area contributed by atoms with E-state index in [0.717, 1.165) is 31.4 Å². The van der Waals surface area contributed by atoms with Crippen LogP contribution in [0, 0.1) is 0 Å². The molecule has 0 aliphatic carbocycles. The van der Waals surface area contributed by atoms with Gasteiger partial charge < -0.3 is 9.16 Å². The first-order valence-corrected chi connectivity index (χ1v) is 10.8.